The maximum atomic E-state index is 12.3. The number of hydrogen-bond acceptors (Lipinski definition) is 4. The van der Waals surface area contributed by atoms with Crippen molar-refractivity contribution in [2.45, 2.75) is 51.4 Å². The smallest absolute Gasteiger partial charge is 0.305 e. The Morgan fingerprint density at radius 3 is 2.45 bits per heavy atom. The second kappa shape index (κ2) is 8.25. The number of amides is 1. The minimum absolute atomic E-state index is 0.00590. The quantitative estimate of drug-likeness (QED) is 0.722. The van der Waals surface area contributed by atoms with E-state index in [0.717, 1.165) is 12.8 Å². The van der Waals surface area contributed by atoms with E-state index in [4.69, 9.17) is 5.73 Å². The van der Waals surface area contributed by atoms with Crippen LogP contribution in [0.3, 0.4) is 0 Å². The van der Waals surface area contributed by atoms with E-state index >= 15 is 0 Å². The molecule has 0 radical (unpaired) electrons. The molecule has 1 rings (SSSR count). The third-order valence-corrected chi connectivity index (χ3v) is 4.40. The number of carbonyl (C=O) groups is 2. The lowest BCUT2D eigenvalue weighted by molar-refractivity contribution is -0.141. The molecule has 1 aliphatic carbocycles. The van der Waals surface area contributed by atoms with Crippen molar-refractivity contribution in [3.63, 3.8) is 0 Å². The van der Waals surface area contributed by atoms with Crippen LogP contribution in [0.2, 0.25) is 0 Å². The van der Waals surface area contributed by atoms with Crippen LogP contribution in [-0.2, 0) is 14.3 Å². The molecular weight excluding hydrogens is 256 g/mol. The largest absolute Gasteiger partial charge is 0.469 e. The van der Waals surface area contributed by atoms with Crippen LogP contribution in [0.5, 0.6) is 0 Å². The number of hydrogen-bond donors (Lipinski definition) is 1. The van der Waals surface area contributed by atoms with Gasteiger partial charge in [-0.2, -0.15) is 0 Å². The van der Waals surface area contributed by atoms with Gasteiger partial charge in [0, 0.05) is 26.4 Å². The lowest BCUT2D eigenvalue weighted by Crippen LogP contribution is -2.39. The number of carbonyl (C=O) groups excluding carboxylic acids is 2. The van der Waals surface area contributed by atoms with Crippen LogP contribution in [0.15, 0.2) is 0 Å². The Hall–Kier alpha value is -1.10. The summed E-state index contributed by atoms with van der Waals surface area (Å²) in [5.74, 6) is -0.0845. The number of esters is 1. The van der Waals surface area contributed by atoms with Gasteiger partial charge in [-0.15, -0.1) is 0 Å². The fraction of sp³-hybridized carbons (Fsp3) is 0.867. The maximum Gasteiger partial charge on any atom is 0.305 e. The van der Waals surface area contributed by atoms with E-state index in [1.54, 1.807) is 11.9 Å². The molecule has 1 saturated carbocycles. The predicted molar refractivity (Wildman–Crippen MR) is 78.1 cm³/mol. The van der Waals surface area contributed by atoms with E-state index in [2.05, 4.69) is 4.74 Å². The van der Waals surface area contributed by atoms with Crippen molar-refractivity contribution in [2.24, 2.45) is 11.1 Å². The zero-order valence-corrected chi connectivity index (χ0v) is 12.8. The molecule has 1 fully saturated rings. The van der Waals surface area contributed by atoms with Gasteiger partial charge in [-0.05, 0) is 31.2 Å². The predicted octanol–water partition coefficient (Wildman–Crippen LogP) is 1.70. The molecule has 0 aromatic heterocycles. The summed E-state index contributed by atoms with van der Waals surface area (Å²) >= 11 is 0. The average molecular weight is 284 g/mol. The molecule has 0 heterocycles. The summed E-state index contributed by atoms with van der Waals surface area (Å²) in [5.41, 5.74) is 5.92. The van der Waals surface area contributed by atoms with Crippen LogP contribution in [0.4, 0.5) is 0 Å². The fourth-order valence-electron chi connectivity index (χ4n) is 2.90. The molecule has 116 valence electrons. The van der Waals surface area contributed by atoms with Crippen molar-refractivity contribution in [1.82, 2.24) is 4.90 Å². The molecule has 2 N–H and O–H groups in total. The Morgan fingerprint density at radius 2 is 1.90 bits per heavy atom. The lowest BCUT2D eigenvalue weighted by atomic mass is 9.71. The summed E-state index contributed by atoms with van der Waals surface area (Å²) in [6.45, 7) is 1.18. The number of methoxy groups -OCH3 is 1. The molecule has 5 nitrogen and oxygen atoms in total. The van der Waals surface area contributed by atoms with Gasteiger partial charge in [0.15, 0.2) is 0 Å². The maximum absolute atomic E-state index is 12.3. The summed E-state index contributed by atoms with van der Waals surface area (Å²) in [6.07, 6.45) is 7.27. The van der Waals surface area contributed by atoms with E-state index in [0.29, 0.717) is 32.4 Å². The van der Waals surface area contributed by atoms with Gasteiger partial charge in [-0.3, -0.25) is 9.59 Å². The third kappa shape index (κ3) is 5.12. The Balaban J connectivity index is 2.38. The van der Waals surface area contributed by atoms with Gasteiger partial charge in [-0.25, -0.2) is 0 Å². The minimum atomic E-state index is -0.225. The zero-order chi connectivity index (χ0) is 15.0. The number of rotatable bonds is 7. The standard InChI is InChI=1S/C15H28N2O3/c1-17(10-6-7-14(19)20-2)13(18)11-15(12-16)8-4-3-5-9-15/h3-12,16H2,1-2H3. The summed E-state index contributed by atoms with van der Waals surface area (Å²) in [7, 11) is 3.18. The molecule has 0 atom stereocenters. The van der Waals surface area contributed by atoms with Crippen molar-refractivity contribution >= 4 is 11.9 Å². The number of nitrogens with zero attached hydrogens (tertiary/aromatic N) is 1. The minimum Gasteiger partial charge on any atom is -0.469 e. The van der Waals surface area contributed by atoms with Gasteiger partial charge in [-0.1, -0.05) is 19.3 Å². The molecule has 1 aliphatic rings. The average Bonchev–Trinajstić information content (AvgIpc) is 2.47. The molecule has 0 aromatic rings. The van der Waals surface area contributed by atoms with Gasteiger partial charge < -0.3 is 15.4 Å². The molecule has 0 unspecified atom stereocenters. The first-order valence-electron chi connectivity index (χ1n) is 7.54. The summed E-state index contributed by atoms with van der Waals surface area (Å²) in [4.78, 5) is 25.0. The van der Waals surface area contributed by atoms with E-state index in [1.165, 1.54) is 26.4 Å². The highest BCUT2D eigenvalue weighted by atomic mass is 16.5. The van der Waals surface area contributed by atoms with Crippen LogP contribution in [0, 0.1) is 5.41 Å². The third-order valence-electron chi connectivity index (χ3n) is 4.40. The van der Waals surface area contributed by atoms with Crippen molar-refractivity contribution in [3.8, 4) is 0 Å². The van der Waals surface area contributed by atoms with E-state index < -0.39 is 0 Å². The Bertz CT molecular complexity index is 325. The molecule has 0 bridgehead atoms. The highest BCUT2D eigenvalue weighted by Crippen LogP contribution is 2.38. The van der Waals surface area contributed by atoms with Crippen LogP contribution in [-0.4, -0.2) is 44.0 Å². The highest BCUT2D eigenvalue weighted by Gasteiger charge is 2.33. The monoisotopic (exact) mass is 284 g/mol. The second-order valence-corrected chi connectivity index (χ2v) is 5.94. The first kappa shape index (κ1) is 17.0. The SMILES string of the molecule is COC(=O)CCCN(C)C(=O)CC1(CN)CCCCC1. The van der Waals surface area contributed by atoms with Crippen molar-refractivity contribution < 1.29 is 14.3 Å². The fourth-order valence-corrected chi connectivity index (χ4v) is 2.90. The van der Waals surface area contributed by atoms with Gasteiger partial charge in [0.1, 0.15) is 0 Å². The van der Waals surface area contributed by atoms with Crippen LogP contribution in [0.1, 0.15) is 51.4 Å². The topological polar surface area (TPSA) is 72.6 Å². The molecule has 0 spiro atoms. The van der Waals surface area contributed by atoms with E-state index in [1.807, 2.05) is 0 Å². The first-order chi connectivity index (χ1) is 9.53. The molecule has 0 saturated heterocycles. The van der Waals surface area contributed by atoms with Gasteiger partial charge in [0.25, 0.3) is 0 Å². The normalized spacial score (nSPS) is 17.6. The summed E-state index contributed by atoms with van der Waals surface area (Å²) < 4.78 is 4.59. The van der Waals surface area contributed by atoms with Crippen molar-refractivity contribution in [1.29, 1.82) is 0 Å². The second-order valence-electron chi connectivity index (χ2n) is 5.94. The van der Waals surface area contributed by atoms with Gasteiger partial charge in [0.05, 0.1) is 7.11 Å². The van der Waals surface area contributed by atoms with E-state index in [9.17, 15) is 9.59 Å². The molecule has 5 heteroatoms. The van der Waals surface area contributed by atoms with E-state index in [-0.39, 0.29) is 17.3 Å². The van der Waals surface area contributed by atoms with Crippen LogP contribution < -0.4 is 5.73 Å². The molecule has 1 amide bonds. The summed E-state index contributed by atoms with van der Waals surface area (Å²) in [6, 6.07) is 0. The highest BCUT2D eigenvalue weighted by molar-refractivity contribution is 5.76. The number of nitrogens with two attached hydrogens (primary N) is 1. The van der Waals surface area contributed by atoms with Crippen molar-refractivity contribution in [3.05, 3.63) is 0 Å². The van der Waals surface area contributed by atoms with Gasteiger partial charge in [0.2, 0.25) is 5.91 Å². The Kier molecular flexibility index (Phi) is 6.99. The molecular formula is C15H28N2O3. The Morgan fingerprint density at radius 1 is 1.25 bits per heavy atom. The first-order valence-corrected chi connectivity index (χ1v) is 7.54. The molecule has 20 heavy (non-hydrogen) atoms. The van der Waals surface area contributed by atoms with Crippen LogP contribution in [0.25, 0.3) is 0 Å². The summed E-state index contributed by atoms with van der Waals surface area (Å²) in [5, 5.41) is 0. The molecule has 0 aliphatic heterocycles. The molecule has 0 aromatic carbocycles. The Labute approximate surface area is 121 Å². The lowest BCUT2D eigenvalue weighted by Gasteiger charge is -2.36. The number of ether oxygens (including phenoxy) is 1. The zero-order valence-electron chi connectivity index (χ0n) is 12.8. The van der Waals surface area contributed by atoms with Gasteiger partial charge >= 0.3 is 5.97 Å². The van der Waals surface area contributed by atoms with Crippen LogP contribution >= 0.6 is 0 Å². The van der Waals surface area contributed by atoms with Crippen molar-refractivity contribution in [2.75, 3.05) is 27.2 Å².